The number of aliphatic hydroxyl groups excluding tert-OH is 1. The van der Waals surface area contributed by atoms with Crippen molar-refractivity contribution in [3.63, 3.8) is 0 Å². The van der Waals surface area contributed by atoms with E-state index < -0.39 is 0 Å². The molecule has 1 aliphatic carbocycles. The predicted molar refractivity (Wildman–Crippen MR) is 113 cm³/mol. The van der Waals surface area contributed by atoms with Gasteiger partial charge in [0.2, 0.25) is 0 Å². The van der Waals surface area contributed by atoms with E-state index in [9.17, 15) is 5.11 Å². The minimum absolute atomic E-state index is 0.155. The number of hydrogen-bond donors (Lipinski definition) is 1. The van der Waals surface area contributed by atoms with Crippen LogP contribution in [0, 0.1) is 5.92 Å². The van der Waals surface area contributed by atoms with Gasteiger partial charge in [0, 0.05) is 16.8 Å². The van der Waals surface area contributed by atoms with Crippen LogP contribution in [0.4, 0.5) is 0 Å². The summed E-state index contributed by atoms with van der Waals surface area (Å²) in [6, 6.07) is 0. The van der Waals surface area contributed by atoms with Crippen LogP contribution in [-0.4, -0.2) is 38.7 Å². The van der Waals surface area contributed by atoms with Gasteiger partial charge in [-0.05, 0) is 49.0 Å². The quantitative estimate of drug-likeness (QED) is 0.363. The number of thiophene rings is 1. The Balaban J connectivity index is 2.00. The number of aryl methyl sites for hydroxylation is 1. The summed E-state index contributed by atoms with van der Waals surface area (Å²) >= 11 is 4.90. The van der Waals surface area contributed by atoms with Gasteiger partial charge in [-0.15, -0.1) is 23.1 Å². The Labute approximate surface area is 166 Å². The lowest BCUT2D eigenvalue weighted by atomic mass is 9.99. The molecule has 0 saturated heterocycles. The molecule has 3 heterocycles. The van der Waals surface area contributed by atoms with Crippen molar-refractivity contribution in [2.24, 2.45) is 5.92 Å². The van der Waals surface area contributed by atoms with Gasteiger partial charge in [-0.25, -0.2) is 15.0 Å². The van der Waals surface area contributed by atoms with Crippen molar-refractivity contribution >= 4 is 55.3 Å². The maximum atomic E-state index is 9.23. The number of aliphatic hydroxyl groups is 1. The largest absolute Gasteiger partial charge is 0.396 e. The molecule has 0 fully saturated rings. The van der Waals surface area contributed by atoms with Crippen molar-refractivity contribution in [2.45, 2.75) is 49.7 Å². The fourth-order valence-corrected chi connectivity index (χ4v) is 6.12. The van der Waals surface area contributed by atoms with Gasteiger partial charge < -0.3 is 5.11 Å². The second-order valence-electron chi connectivity index (χ2n) is 7.01. The average Bonchev–Trinajstić information content (AvgIpc) is 3.23. The van der Waals surface area contributed by atoms with E-state index in [1.165, 1.54) is 28.6 Å². The highest BCUT2D eigenvalue weighted by atomic mass is 32.2. The van der Waals surface area contributed by atoms with Gasteiger partial charge in [0.05, 0.1) is 16.8 Å². The van der Waals surface area contributed by atoms with Crippen molar-refractivity contribution < 1.29 is 5.11 Å². The molecule has 138 valence electrons. The molecule has 0 aliphatic heterocycles. The molecule has 1 N–H and O–H groups in total. The van der Waals surface area contributed by atoms with Crippen molar-refractivity contribution in [3.8, 4) is 0 Å². The predicted octanol–water partition coefficient (Wildman–Crippen LogP) is 4.73. The number of hydrogen-bond acceptors (Lipinski definition) is 7. The Morgan fingerprint density at radius 2 is 1.96 bits per heavy atom. The standard InChI is InChI=1S/C19H23N3OS3/c1-10(2)9-13-11-5-4-6-12(11)14-15-16(26-17(14)20-13)18(25-8-7-23)22-19(21-15)24-3/h10,23H,4-9H2,1-3H3. The van der Waals surface area contributed by atoms with E-state index in [1.807, 2.05) is 6.26 Å². The average molecular weight is 406 g/mol. The zero-order chi connectivity index (χ0) is 18.3. The molecule has 0 aromatic carbocycles. The van der Waals surface area contributed by atoms with Gasteiger partial charge >= 0.3 is 0 Å². The molecule has 26 heavy (non-hydrogen) atoms. The summed E-state index contributed by atoms with van der Waals surface area (Å²) in [5.74, 6) is 1.26. The van der Waals surface area contributed by atoms with Crippen LogP contribution >= 0.6 is 34.9 Å². The molecule has 0 spiro atoms. The first-order valence-corrected chi connectivity index (χ1v) is 12.1. The first-order valence-electron chi connectivity index (χ1n) is 9.04. The van der Waals surface area contributed by atoms with Crippen LogP contribution in [0.3, 0.4) is 0 Å². The molecule has 3 aromatic heterocycles. The van der Waals surface area contributed by atoms with Crippen molar-refractivity contribution in [2.75, 3.05) is 18.6 Å². The molecule has 0 amide bonds. The second kappa shape index (κ2) is 7.62. The minimum atomic E-state index is 0.155. The smallest absolute Gasteiger partial charge is 0.189 e. The van der Waals surface area contributed by atoms with Gasteiger partial charge in [0.15, 0.2) is 5.16 Å². The van der Waals surface area contributed by atoms with Crippen molar-refractivity contribution in [1.29, 1.82) is 0 Å². The van der Waals surface area contributed by atoms with Crippen LogP contribution in [0.2, 0.25) is 0 Å². The Bertz CT molecular complexity index is 968. The lowest BCUT2D eigenvalue weighted by molar-refractivity contribution is 0.322. The molecule has 3 aromatic rings. The summed E-state index contributed by atoms with van der Waals surface area (Å²) in [7, 11) is 0. The summed E-state index contributed by atoms with van der Waals surface area (Å²) in [6.07, 6.45) is 6.54. The SMILES string of the molecule is CSc1nc(SCCO)c2sc3nc(CC(C)C)c4c(c3c2n1)CCC4. The summed E-state index contributed by atoms with van der Waals surface area (Å²) in [5.41, 5.74) is 5.29. The second-order valence-corrected chi connectivity index (χ2v) is 9.87. The maximum absolute atomic E-state index is 9.23. The fourth-order valence-electron chi connectivity index (χ4n) is 3.69. The maximum Gasteiger partial charge on any atom is 0.189 e. The zero-order valence-electron chi connectivity index (χ0n) is 15.3. The van der Waals surface area contributed by atoms with Gasteiger partial charge in [0.1, 0.15) is 9.86 Å². The summed E-state index contributed by atoms with van der Waals surface area (Å²) in [4.78, 5) is 15.8. The van der Waals surface area contributed by atoms with Gasteiger partial charge in [0.25, 0.3) is 0 Å². The molecule has 0 radical (unpaired) electrons. The van der Waals surface area contributed by atoms with E-state index in [2.05, 4.69) is 13.8 Å². The van der Waals surface area contributed by atoms with Crippen LogP contribution in [-0.2, 0) is 19.3 Å². The van der Waals surface area contributed by atoms with E-state index in [0.717, 1.165) is 44.5 Å². The highest BCUT2D eigenvalue weighted by molar-refractivity contribution is 7.99. The Morgan fingerprint density at radius 3 is 2.69 bits per heavy atom. The molecule has 0 unspecified atom stereocenters. The normalized spacial score (nSPS) is 14.0. The molecule has 0 saturated carbocycles. The van der Waals surface area contributed by atoms with Crippen molar-refractivity contribution in [3.05, 3.63) is 16.8 Å². The molecular formula is C19H23N3OS3. The molecule has 4 nitrogen and oxygen atoms in total. The Hall–Kier alpha value is -0.890. The lowest BCUT2D eigenvalue weighted by Crippen LogP contribution is -2.03. The number of pyridine rings is 1. The third-order valence-electron chi connectivity index (χ3n) is 4.68. The van der Waals surface area contributed by atoms with Crippen LogP contribution in [0.1, 0.15) is 37.1 Å². The lowest BCUT2D eigenvalue weighted by Gasteiger charge is -2.11. The Morgan fingerprint density at radius 1 is 1.15 bits per heavy atom. The third-order valence-corrected chi connectivity index (χ3v) is 7.39. The van der Waals surface area contributed by atoms with E-state index in [-0.39, 0.29) is 6.61 Å². The fraction of sp³-hybridized carbons (Fsp3) is 0.526. The topological polar surface area (TPSA) is 58.9 Å². The van der Waals surface area contributed by atoms with E-state index >= 15 is 0 Å². The molecule has 0 atom stereocenters. The first-order chi connectivity index (χ1) is 12.6. The van der Waals surface area contributed by atoms with Crippen LogP contribution < -0.4 is 0 Å². The molecule has 1 aliphatic rings. The summed E-state index contributed by atoms with van der Waals surface area (Å²) < 4.78 is 1.12. The van der Waals surface area contributed by atoms with Gasteiger partial charge in [-0.1, -0.05) is 25.6 Å². The molecule has 4 rings (SSSR count). The monoisotopic (exact) mass is 405 g/mol. The number of thioether (sulfide) groups is 2. The number of fused-ring (bicyclic) bond motifs is 5. The van der Waals surface area contributed by atoms with Crippen LogP contribution in [0.5, 0.6) is 0 Å². The minimum Gasteiger partial charge on any atom is -0.396 e. The molecule has 7 heteroatoms. The number of aromatic nitrogens is 3. The van der Waals surface area contributed by atoms with Crippen molar-refractivity contribution in [1.82, 2.24) is 15.0 Å². The third kappa shape index (κ3) is 3.23. The highest BCUT2D eigenvalue weighted by Crippen LogP contribution is 2.43. The van der Waals surface area contributed by atoms with E-state index in [4.69, 9.17) is 15.0 Å². The zero-order valence-corrected chi connectivity index (χ0v) is 17.8. The Kier molecular flexibility index (Phi) is 5.41. The number of rotatable bonds is 6. The molecule has 0 bridgehead atoms. The van der Waals surface area contributed by atoms with Crippen LogP contribution in [0.15, 0.2) is 10.2 Å². The van der Waals surface area contributed by atoms with Crippen LogP contribution in [0.25, 0.3) is 20.4 Å². The molecular weight excluding hydrogens is 382 g/mol. The summed E-state index contributed by atoms with van der Waals surface area (Å²) in [6.45, 7) is 4.68. The highest BCUT2D eigenvalue weighted by Gasteiger charge is 2.25. The van der Waals surface area contributed by atoms with E-state index in [0.29, 0.717) is 11.7 Å². The summed E-state index contributed by atoms with van der Waals surface area (Å²) in [5, 5.41) is 12.3. The number of nitrogens with zero attached hydrogens (tertiary/aromatic N) is 3. The van der Waals surface area contributed by atoms with E-state index in [1.54, 1.807) is 34.9 Å². The van der Waals surface area contributed by atoms with Gasteiger partial charge in [-0.2, -0.15) is 0 Å². The first kappa shape index (κ1) is 18.5. The van der Waals surface area contributed by atoms with Gasteiger partial charge in [-0.3, -0.25) is 0 Å².